The van der Waals surface area contributed by atoms with E-state index in [1.165, 1.54) is 24.5 Å². The van der Waals surface area contributed by atoms with Crippen LogP contribution in [0.3, 0.4) is 0 Å². The molecule has 0 unspecified atom stereocenters. The van der Waals surface area contributed by atoms with Crippen molar-refractivity contribution < 1.29 is 19.1 Å². The van der Waals surface area contributed by atoms with Crippen molar-refractivity contribution in [3.05, 3.63) is 64.0 Å². The summed E-state index contributed by atoms with van der Waals surface area (Å²) in [5, 5.41) is 1.17. The summed E-state index contributed by atoms with van der Waals surface area (Å²) in [7, 11) is 3.08. The summed E-state index contributed by atoms with van der Waals surface area (Å²) >= 11 is 7.52. The largest absolute Gasteiger partial charge is 0.493 e. The first-order valence-electron chi connectivity index (χ1n) is 8.21. The van der Waals surface area contributed by atoms with Crippen molar-refractivity contribution in [2.75, 3.05) is 14.2 Å². The van der Waals surface area contributed by atoms with Crippen LogP contribution in [0, 0.1) is 0 Å². The van der Waals surface area contributed by atoms with Gasteiger partial charge in [-0.15, -0.1) is 11.3 Å². The molecule has 0 spiro atoms. The normalized spacial score (nSPS) is 10.8. The molecule has 3 aromatic rings. The standard InChI is InChI=1S/C20H17ClN2O4S/c1-26-14-9-7-12(11-15(14)27-2)8-10-17(24)22-23-20(25)19-18(21)13-5-3-4-6-16(13)28-19/h3-11H,1-2H3,(H,22,24)(H,23,25)/b10-8+. The van der Waals surface area contributed by atoms with Crippen molar-refractivity contribution in [1.82, 2.24) is 10.9 Å². The first-order chi connectivity index (χ1) is 13.5. The maximum atomic E-state index is 12.3. The Kier molecular flexibility index (Phi) is 6.18. The molecule has 2 aromatic carbocycles. The van der Waals surface area contributed by atoms with E-state index >= 15 is 0 Å². The molecule has 2 N–H and O–H groups in total. The molecule has 0 radical (unpaired) electrons. The summed E-state index contributed by atoms with van der Waals surface area (Å²) in [6.07, 6.45) is 2.89. The summed E-state index contributed by atoms with van der Waals surface area (Å²) < 4.78 is 11.3. The molecule has 0 bridgehead atoms. The van der Waals surface area contributed by atoms with Crippen LogP contribution in [0.2, 0.25) is 5.02 Å². The summed E-state index contributed by atoms with van der Waals surface area (Å²) in [6, 6.07) is 12.7. The van der Waals surface area contributed by atoms with Crippen LogP contribution in [0.4, 0.5) is 0 Å². The predicted octanol–water partition coefficient (Wildman–Crippen LogP) is 4.05. The van der Waals surface area contributed by atoms with E-state index in [9.17, 15) is 9.59 Å². The number of hydrogen-bond acceptors (Lipinski definition) is 5. The third-order valence-electron chi connectivity index (χ3n) is 3.88. The van der Waals surface area contributed by atoms with Gasteiger partial charge in [0.05, 0.1) is 19.2 Å². The van der Waals surface area contributed by atoms with Gasteiger partial charge in [0, 0.05) is 16.2 Å². The van der Waals surface area contributed by atoms with Crippen molar-refractivity contribution in [2.45, 2.75) is 0 Å². The Morgan fingerprint density at radius 1 is 1.04 bits per heavy atom. The van der Waals surface area contributed by atoms with E-state index in [0.717, 1.165) is 15.6 Å². The van der Waals surface area contributed by atoms with Crippen molar-refractivity contribution in [1.29, 1.82) is 0 Å². The molecule has 0 aliphatic carbocycles. The van der Waals surface area contributed by atoms with Gasteiger partial charge in [0.15, 0.2) is 11.5 Å². The van der Waals surface area contributed by atoms with E-state index in [2.05, 4.69) is 10.9 Å². The number of halogens is 1. The molecule has 3 rings (SSSR count). The van der Waals surface area contributed by atoms with Crippen molar-refractivity contribution in [3.63, 3.8) is 0 Å². The van der Waals surface area contributed by atoms with Crippen LogP contribution in [-0.2, 0) is 4.79 Å². The van der Waals surface area contributed by atoms with E-state index in [1.807, 2.05) is 24.3 Å². The van der Waals surface area contributed by atoms with Crippen LogP contribution in [0.15, 0.2) is 48.5 Å². The van der Waals surface area contributed by atoms with Gasteiger partial charge in [-0.1, -0.05) is 35.9 Å². The predicted molar refractivity (Wildman–Crippen MR) is 111 cm³/mol. The van der Waals surface area contributed by atoms with Gasteiger partial charge in [-0.3, -0.25) is 20.4 Å². The van der Waals surface area contributed by atoms with Crippen LogP contribution in [-0.4, -0.2) is 26.0 Å². The molecule has 8 heteroatoms. The Bertz CT molecular complexity index is 1060. The Balaban J connectivity index is 1.62. The first-order valence-corrected chi connectivity index (χ1v) is 9.40. The molecule has 0 saturated heterocycles. The number of fused-ring (bicyclic) bond motifs is 1. The highest BCUT2D eigenvalue weighted by Gasteiger charge is 2.17. The molecule has 2 amide bonds. The topological polar surface area (TPSA) is 76.7 Å². The zero-order valence-corrected chi connectivity index (χ0v) is 16.7. The SMILES string of the molecule is COc1ccc(/C=C/C(=O)NNC(=O)c2sc3ccccc3c2Cl)cc1OC. The average molecular weight is 417 g/mol. The Morgan fingerprint density at radius 3 is 2.50 bits per heavy atom. The lowest BCUT2D eigenvalue weighted by atomic mass is 10.2. The molecule has 1 aromatic heterocycles. The van der Waals surface area contributed by atoms with Gasteiger partial charge in [-0.25, -0.2) is 0 Å². The molecule has 1 heterocycles. The van der Waals surface area contributed by atoms with E-state index in [-0.39, 0.29) is 0 Å². The number of rotatable bonds is 5. The molecule has 0 fully saturated rings. The number of hydrazine groups is 1. The second-order valence-corrected chi connectivity index (χ2v) is 7.06. The zero-order chi connectivity index (χ0) is 20.1. The highest BCUT2D eigenvalue weighted by Crippen LogP contribution is 2.34. The lowest BCUT2D eigenvalue weighted by molar-refractivity contribution is -0.117. The number of hydrogen-bond donors (Lipinski definition) is 2. The molecule has 6 nitrogen and oxygen atoms in total. The van der Waals surface area contributed by atoms with E-state index in [4.69, 9.17) is 21.1 Å². The van der Waals surface area contributed by atoms with Gasteiger partial charge in [0.25, 0.3) is 11.8 Å². The number of thiophene rings is 1. The van der Waals surface area contributed by atoms with Crippen molar-refractivity contribution >= 4 is 50.9 Å². The van der Waals surface area contributed by atoms with Gasteiger partial charge in [-0.05, 0) is 29.8 Å². The van der Waals surface area contributed by atoms with E-state index in [1.54, 1.807) is 31.4 Å². The van der Waals surface area contributed by atoms with Gasteiger partial charge in [-0.2, -0.15) is 0 Å². The molecule has 28 heavy (non-hydrogen) atoms. The monoisotopic (exact) mass is 416 g/mol. The number of amides is 2. The lowest BCUT2D eigenvalue weighted by Crippen LogP contribution is -2.40. The van der Waals surface area contributed by atoms with E-state index in [0.29, 0.717) is 21.4 Å². The summed E-state index contributed by atoms with van der Waals surface area (Å²) in [6.45, 7) is 0. The summed E-state index contributed by atoms with van der Waals surface area (Å²) in [4.78, 5) is 24.6. The fourth-order valence-corrected chi connectivity index (χ4v) is 3.92. The number of benzene rings is 2. The minimum absolute atomic E-state index is 0.340. The number of nitrogens with one attached hydrogen (secondary N) is 2. The number of ether oxygens (including phenoxy) is 2. The number of carbonyl (C=O) groups excluding carboxylic acids is 2. The van der Waals surface area contributed by atoms with Crippen LogP contribution >= 0.6 is 22.9 Å². The molecule has 0 saturated carbocycles. The molecular weight excluding hydrogens is 400 g/mol. The summed E-state index contributed by atoms with van der Waals surface area (Å²) in [5.74, 6) is 0.189. The highest BCUT2D eigenvalue weighted by atomic mass is 35.5. The summed E-state index contributed by atoms with van der Waals surface area (Å²) in [5.41, 5.74) is 5.45. The minimum atomic E-state index is -0.486. The Hall–Kier alpha value is -3.03. The third-order valence-corrected chi connectivity index (χ3v) is 5.55. The zero-order valence-electron chi connectivity index (χ0n) is 15.1. The van der Waals surface area contributed by atoms with Crippen LogP contribution < -0.4 is 20.3 Å². The van der Waals surface area contributed by atoms with Crippen molar-refractivity contribution in [3.8, 4) is 11.5 Å². The van der Waals surface area contributed by atoms with Gasteiger partial charge >= 0.3 is 0 Å². The highest BCUT2D eigenvalue weighted by molar-refractivity contribution is 7.21. The second kappa shape index (κ2) is 8.77. The van der Waals surface area contributed by atoms with Crippen LogP contribution in [0.25, 0.3) is 16.2 Å². The van der Waals surface area contributed by atoms with Gasteiger partial charge in [0.1, 0.15) is 4.88 Å². The number of carbonyl (C=O) groups is 2. The smallest absolute Gasteiger partial charge is 0.281 e. The molecule has 0 aliphatic rings. The van der Waals surface area contributed by atoms with Gasteiger partial charge in [0.2, 0.25) is 0 Å². The Morgan fingerprint density at radius 2 is 1.79 bits per heavy atom. The second-order valence-electron chi connectivity index (χ2n) is 5.63. The molecule has 0 atom stereocenters. The molecular formula is C20H17ClN2O4S. The Labute approximate surface area is 170 Å². The first kappa shape index (κ1) is 19.7. The fourth-order valence-electron chi connectivity index (χ4n) is 2.51. The molecule has 0 aliphatic heterocycles. The average Bonchev–Trinajstić information content (AvgIpc) is 3.07. The van der Waals surface area contributed by atoms with Crippen molar-refractivity contribution in [2.24, 2.45) is 0 Å². The van der Waals surface area contributed by atoms with Crippen LogP contribution in [0.5, 0.6) is 11.5 Å². The maximum Gasteiger partial charge on any atom is 0.281 e. The lowest BCUT2D eigenvalue weighted by Gasteiger charge is -2.07. The van der Waals surface area contributed by atoms with E-state index < -0.39 is 11.8 Å². The quantitative estimate of drug-likeness (QED) is 0.486. The fraction of sp³-hybridized carbons (Fsp3) is 0.100. The van der Waals surface area contributed by atoms with Gasteiger partial charge < -0.3 is 9.47 Å². The number of methoxy groups -OCH3 is 2. The maximum absolute atomic E-state index is 12.3. The third kappa shape index (κ3) is 4.27. The molecule has 144 valence electrons. The van der Waals surface area contributed by atoms with Crippen LogP contribution in [0.1, 0.15) is 15.2 Å². The minimum Gasteiger partial charge on any atom is -0.493 e.